The predicted octanol–water partition coefficient (Wildman–Crippen LogP) is 1.82. The Labute approximate surface area is 127 Å². The molecule has 0 unspecified atom stereocenters. The Morgan fingerprint density at radius 1 is 1.48 bits per heavy atom. The average Bonchev–Trinajstić information content (AvgIpc) is 2.89. The number of amides is 1. The zero-order chi connectivity index (χ0) is 15.2. The Morgan fingerprint density at radius 2 is 2.14 bits per heavy atom. The molecule has 0 radical (unpaired) electrons. The van der Waals surface area contributed by atoms with Crippen LogP contribution in [-0.2, 0) is 11.8 Å². The van der Waals surface area contributed by atoms with Gasteiger partial charge in [-0.15, -0.1) is 11.3 Å². The van der Waals surface area contributed by atoms with Gasteiger partial charge in [-0.2, -0.15) is 5.10 Å². The number of nitrogen functional groups attached to an aromatic ring is 1. The van der Waals surface area contributed by atoms with Gasteiger partial charge in [0, 0.05) is 25.8 Å². The van der Waals surface area contributed by atoms with E-state index in [1.807, 2.05) is 14.0 Å². The summed E-state index contributed by atoms with van der Waals surface area (Å²) >= 11 is 1.40. The van der Waals surface area contributed by atoms with Crippen LogP contribution in [0.2, 0.25) is 0 Å². The first-order chi connectivity index (χ1) is 9.91. The minimum Gasteiger partial charge on any atom is -0.397 e. The smallest absolute Gasteiger partial charge is 0.263 e. The van der Waals surface area contributed by atoms with Crippen LogP contribution in [-0.4, -0.2) is 34.4 Å². The molecule has 0 spiro atoms. The zero-order valence-electron chi connectivity index (χ0n) is 12.5. The van der Waals surface area contributed by atoms with Gasteiger partial charge >= 0.3 is 0 Å². The highest BCUT2D eigenvalue weighted by atomic mass is 32.1. The molecule has 1 fully saturated rings. The van der Waals surface area contributed by atoms with Crippen molar-refractivity contribution in [2.75, 3.05) is 18.9 Å². The van der Waals surface area contributed by atoms with E-state index in [-0.39, 0.29) is 11.4 Å². The lowest BCUT2D eigenvalue weighted by molar-refractivity contribution is 0.0424. The van der Waals surface area contributed by atoms with Gasteiger partial charge in [0.25, 0.3) is 5.91 Å². The Morgan fingerprint density at radius 3 is 2.76 bits per heavy atom. The molecule has 0 aliphatic carbocycles. The third-order valence-corrected chi connectivity index (χ3v) is 5.37. The minimum atomic E-state index is -0.217. The van der Waals surface area contributed by atoms with Crippen LogP contribution in [0.15, 0.2) is 0 Å². The topological polar surface area (TPSA) is 82.2 Å². The number of nitrogens with one attached hydrogen (secondary N) is 1. The van der Waals surface area contributed by atoms with Crippen LogP contribution in [0.25, 0.3) is 10.2 Å². The third kappa shape index (κ3) is 2.40. The lowest BCUT2D eigenvalue weighted by Crippen LogP contribution is -2.49. The van der Waals surface area contributed by atoms with Crippen LogP contribution in [0.5, 0.6) is 0 Å². The molecule has 1 saturated heterocycles. The van der Waals surface area contributed by atoms with E-state index in [0.29, 0.717) is 23.8 Å². The van der Waals surface area contributed by atoms with Crippen LogP contribution in [0, 0.1) is 6.92 Å². The van der Waals surface area contributed by atoms with Crippen LogP contribution in [0.3, 0.4) is 0 Å². The summed E-state index contributed by atoms with van der Waals surface area (Å²) in [4.78, 5) is 14.1. The molecular formula is C14H20N4O2S. The summed E-state index contributed by atoms with van der Waals surface area (Å²) in [5.74, 6) is -0.0995. The summed E-state index contributed by atoms with van der Waals surface area (Å²) in [6.07, 6.45) is 1.65. The number of anilines is 1. The van der Waals surface area contributed by atoms with Gasteiger partial charge in [-0.25, -0.2) is 0 Å². The number of rotatable bonds is 2. The van der Waals surface area contributed by atoms with Gasteiger partial charge in [0.1, 0.15) is 9.71 Å². The van der Waals surface area contributed by atoms with E-state index >= 15 is 0 Å². The van der Waals surface area contributed by atoms with Crippen molar-refractivity contribution in [3.8, 4) is 0 Å². The number of fused-ring (bicyclic) bond motifs is 1. The largest absolute Gasteiger partial charge is 0.397 e. The second-order valence-electron chi connectivity index (χ2n) is 5.86. The van der Waals surface area contributed by atoms with Gasteiger partial charge in [-0.05, 0) is 26.7 Å². The SMILES string of the molecule is Cc1nn(C)c2sc(C(=O)NC3(C)CCOCC3)c(N)c12. The fourth-order valence-corrected chi connectivity index (χ4v) is 3.86. The molecule has 0 atom stereocenters. The highest BCUT2D eigenvalue weighted by Gasteiger charge is 2.31. The summed E-state index contributed by atoms with van der Waals surface area (Å²) < 4.78 is 7.13. The van der Waals surface area contributed by atoms with Gasteiger partial charge < -0.3 is 15.8 Å². The van der Waals surface area contributed by atoms with E-state index in [1.54, 1.807) is 4.68 Å². The second-order valence-corrected chi connectivity index (χ2v) is 6.86. The van der Waals surface area contributed by atoms with E-state index in [4.69, 9.17) is 10.5 Å². The van der Waals surface area contributed by atoms with Crippen LogP contribution >= 0.6 is 11.3 Å². The second kappa shape index (κ2) is 4.99. The molecule has 0 aromatic carbocycles. The molecule has 2 aromatic heterocycles. The van der Waals surface area contributed by atoms with Gasteiger partial charge in [0.15, 0.2) is 0 Å². The number of hydrogen-bond acceptors (Lipinski definition) is 5. The molecule has 114 valence electrons. The van der Waals surface area contributed by atoms with Gasteiger partial charge in [-0.1, -0.05) is 0 Å². The molecule has 7 heteroatoms. The van der Waals surface area contributed by atoms with E-state index in [0.717, 1.165) is 28.8 Å². The van der Waals surface area contributed by atoms with Crippen LogP contribution in [0.1, 0.15) is 35.1 Å². The number of nitrogens with zero attached hydrogens (tertiary/aromatic N) is 2. The van der Waals surface area contributed by atoms with Crippen molar-refractivity contribution in [2.24, 2.45) is 7.05 Å². The maximum atomic E-state index is 12.6. The van der Waals surface area contributed by atoms with Crippen molar-refractivity contribution in [3.05, 3.63) is 10.6 Å². The number of aromatic nitrogens is 2. The number of carbonyl (C=O) groups excluding carboxylic acids is 1. The molecule has 1 aliphatic rings. The molecule has 1 aliphatic heterocycles. The first-order valence-electron chi connectivity index (χ1n) is 7.03. The number of aryl methyl sites for hydroxylation is 2. The number of thiophene rings is 1. The fourth-order valence-electron chi connectivity index (χ4n) is 2.78. The lowest BCUT2D eigenvalue weighted by Gasteiger charge is -2.34. The summed E-state index contributed by atoms with van der Waals surface area (Å²) in [6.45, 7) is 5.33. The Hall–Kier alpha value is -1.60. The standard InChI is InChI=1S/C14H20N4O2S/c1-8-9-10(15)11(21-13(9)18(3)17-8)12(19)16-14(2)4-6-20-7-5-14/h4-7,15H2,1-3H3,(H,16,19). The van der Waals surface area contributed by atoms with Gasteiger partial charge in [0.2, 0.25) is 0 Å². The average molecular weight is 308 g/mol. The first-order valence-corrected chi connectivity index (χ1v) is 7.85. The summed E-state index contributed by atoms with van der Waals surface area (Å²) in [5.41, 5.74) is 7.35. The Balaban J connectivity index is 1.91. The van der Waals surface area contributed by atoms with E-state index in [1.165, 1.54) is 11.3 Å². The maximum Gasteiger partial charge on any atom is 0.263 e. The molecule has 21 heavy (non-hydrogen) atoms. The number of nitrogens with two attached hydrogens (primary N) is 1. The molecule has 0 bridgehead atoms. The van der Waals surface area contributed by atoms with E-state index < -0.39 is 0 Å². The van der Waals surface area contributed by atoms with Crippen molar-refractivity contribution in [1.29, 1.82) is 0 Å². The van der Waals surface area contributed by atoms with Crippen molar-refractivity contribution >= 4 is 33.1 Å². The number of carbonyl (C=O) groups is 1. The molecule has 1 amide bonds. The Kier molecular flexibility index (Phi) is 3.41. The van der Waals surface area contributed by atoms with Crippen LogP contribution < -0.4 is 11.1 Å². The molecule has 3 rings (SSSR count). The summed E-state index contributed by atoms with van der Waals surface area (Å²) in [6, 6.07) is 0. The normalized spacial score (nSPS) is 18.0. The van der Waals surface area contributed by atoms with E-state index in [9.17, 15) is 4.79 Å². The zero-order valence-corrected chi connectivity index (χ0v) is 13.3. The van der Waals surface area contributed by atoms with Gasteiger partial charge in [-0.3, -0.25) is 9.48 Å². The molecular weight excluding hydrogens is 288 g/mol. The van der Waals surface area contributed by atoms with Crippen molar-refractivity contribution in [3.63, 3.8) is 0 Å². The molecule has 2 aromatic rings. The fraction of sp³-hybridized carbons (Fsp3) is 0.571. The molecule has 3 N–H and O–H groups in total. The quantitative estimate of drug-likeness (QED) is 0.886. The van der Waals surface area contributed by atoms with Crippen molar-refractivity contribution < 1.29 is 9.53 Å². The highest BCUT2D eigenvalue weighted by Crippen LogP contribution is 2.35. The molecule has 3 heterocycles. The number of hydrogen-bond donors (Lipinski definition) is 2. The monoisotopic (exact) mass is 308 g/mol. The lowest BCUT2D eigenvalue weighted by atomic mass is 9.92. The van der Waals surface area contributed by atoms with Crippen LogP contribution in [0.4, 0.5) is 5.69 Å². The first kappa shape index (κ1) is 14.3. The predicted molar refractivity (Wildman–Crippen MR) is 83.7 cm³/mol. The minimum absolute atomic E-state index is 0.0995. The summed E-state index contributed by atoms with van der Waals surface area (Å²) in [5, 5.41) is 8.36. The van der Waals surface area contributed by atoms with Crippen molar-refractivity contribution in [1.82, 2.24) is 15.1 Å². The number of ether oxygens (including phenoxy) is 1. The maximum absolute atomic E-state index is 12.6. The Bertz CT molecular complexity index is 697. The highest BCUT2D eigenvalue weighted by molar-refractivity contribution is 7.21. The summed E-state index contributed by atoms with van der Waals surface area (Å²) in [7, 11) is 1.87. The molecule has 0 saturated carbocycles. The third-order valence-electron chi connectivity index (χ3n) is 4.10. The molecule has 6 nitrogen and oxygen atoms in total. The van der Waals surface area contributed by atoms with Gasteiger partial charge in [0.05, 0.1) is 16.8 Å². The van der Waals surface area contributed by atoms with E-state index in [2.05, 4.69) is 17.3 Å². The van der Waals surface area contributed by atoms with Crippen molar-refractivity contribution in [2.45, 2.75) is 32.2 Å².